The lowest BCUT2D eigenvalue weighted by atomic mass is 10.0. The molecule has 0 radical (unpaired) electrons. The Morgan fingerprint density at radius 1 is 1.16 bits per heavy atom. The summed E-state index contributed by atoms with van der Waals surface area (Å²) in [5.41, 5.74) is 0. The van der Waals surface area contributed by atoms with Crippen molar-refractivity contribution in [2.45, 2.75) is 84.4 Å². The minimum absolute atomic E-state index is 0.238. The highest BCUT2D eigenvalue weighted by Crippen LogP contribution is 2.11. The fraction of sp³-hybridized carbons (Fsp3) is 0.812. The first-order chi connectivity index (χ1) is 9.13. The first-order valence-electron chi connectivity index (χ1n) is 7.73. The number of ether oxygens (including phenoxy) is 1. The quantitative estimate of drug-likeness (QED) is 0.250. The second-order valence-corrected chi connectivity index (χ2v) is 5.14. The second-order valence-electron chi connectivity index (χ2n) is 5.14. The number of hydrogen-bond acceptors (Lipinski definition) is 3. The third kappa shape index (κ3) is 10.8. The summed E-state index contributed by atoms with van der Waals surface area (Å²) in [6.45, 7) is 9.70. The molecule has 0 bridgehead atoms. The van der Waals surface area contributed by atoms with Gasteiger partial charge in [0.1, 0.15) is 0 Å². The zero-order chi connectivity index (χ0) is 14.5. The average molecular weight is 269 g/mol. The number of unbranched alkanes of at least 4 members (excludes halogenated alkanes) is 4. The molecule has 0 amide bonds. The Balaban J connectivity index is 3.89. The monoisotopic (exact) mass is 269 g/mol. The SMILES string of the molecule is C=CC(=O)OC(C)NC(CCC)CCCCCCC. The van der Waals surface area contributed by atoms with Crippen molar-refractivity contribution in [2.24, 2.45) is 0 Å². The van der Waals surface area contributed by atoms with E-state index in [9.17, 15) is 4.79 Å². The van der Waals surface area contributed by atoms with Crippen molar-refractivity contribution in [1.82, 2.24) is 5.32 Å². The van der Waals surface area contributed by atoms with Crippen LogP contribution in [0.2, 0.25) is 0 Å². The van der Waals surface area contributed by atoms with Crippen molar-refractivity contribution >= 4 is 5.97 Å². The van der Waals surface area contributed by atoms with Crippen LogP contribution in [-0.2, 0) is 9.53 Å². The molecule has 0 aliphatic rings. The molecule has 0 aromatic heterocycles. The zero-order valence-corrected chi connectivity index (χ0v) is 12.9. The van der Waals surface area contributed by atoms with Crippen molar-refractivity contribution in [2.75, 3.05) is 0 Å². The number of esters is 1. The minimum Gasteiger partial charge on any atom is -0.444 e. The van der Waals surface area contributed by atoms with Gasteiger partial charge in [0.05, 0.1) is 0 Å². The van der Waals surface area contributed by atoms with Crippen LogP contribution in [0.25, 0.3) is 0 Å². The van der Waals surface area contributed by atoms with Crippen LogP contribution < -0.4 is 5.32 Å². The Labute approximate surface area is 118 Å². The molecule has 0 aromatic rings. The van der Waals surface area contributed by atoms with E-state index >= 15 is 0 Å². The fourth-order valence-electron chi connectivity index (χ4n) is 2.24. The van der Waals surface area contributed by atoms with Gasteiger partial charge in [0.15, 0.2) is 6.23 Å². The van der Waals surface area contributed by atoms with Gasteiger partial charge in [-0.1, -0.05) is 59.0 Å². The van der Waals surface area contributed by atoms with Gasteiger partial charge < -0.3 is 4.74 Å². The van der Waals surface area contributed by atoms with Crippen molar-refractivity contribution < 1.29 is 9.53 Å². The summed E-state index contributed by atoms with van der Waals surface area (Å²) < 4.78 is 5.15. The molecular formula is C16H31NO2. The van der Waals surface area contributed by atoms with E-state index in [2.05, 4.69) is 25.7 Å². The van der Waals surface area contributed by atoms with Crippen LogP contribution in [0.4, 0.5) is 0 Å². The summed E-state index contributed by atoms with van der Waals surface area (Å²) in [6, 6.07) is 0.444. The molecule has 3 nitrogen and oxygen atoms in total. The van der Waals surface area contributed by atoms with Gasteiger partial charge in [-0.15, -0.1) is 0 Å². The zero-order valence-electron chi connectivity index (χ0n) is 12.9. The molecule has 0 aliphatic carbocycles. The topological polar surface area (TPSA) is 38.3 Å². The van der Waals surface area contributed by atoms with Crippen LogP contribution in [0.15, 0.2) is 12.7 Å². The predicted molar refractivity (Wildman–Crippen MR) is 81.0 cm³/mol. The van der Waals surface area contributed by atoms with E-state index in [0.717, 1.165) is 19.3 Å². The number of hydrogen-bond donors (Lipinski definition) is 1. The predicted octanol–water partition coefficient (Wildman–Crippen LogP) is 4.18. The molecule has 19 heavy (non-hydrogen) atoms. The molecule has 2 atom stereocenters. The van der Waals surface area contributed by atoms with Crippen LogP contribution in [0.3, 0.4) is 0 Å². The van der Waals surface area contributed by atoms with Gasteiger partial charge in [0.2, 0.25) is 0 Å². The molecule has 0 aromatic carbocycles. The number of nitrogens with one attached hydrogen (secondary N) is 1. The maximum Gasteiger partial charge on any atom is 0.331 e. The highest BCUT2D eigenvalue weighted by Gasteiger charge is 2.13. The molecule has 0 aliphatic heterocycles. The number of carbonyl (C=O) groups is 1. The van der Waals surface area contributed by atoms with E-state index in [0.29, 0.717) is 6.04 Å². The highest BCUT2D eigenvalue weighted by molar-refractivity contribution is 5.81. The lowest BCUT2D eigenvalue weighted by Crippen LogP contribution is -2.39. The van der Waals surface area contributed by atoms with Crippen LogP contribution in [0.5, 0.6) is 0 Å². The second kappa shape index (κ2) is 12.2. The van der Waals surface area contributed by atoms with Crippen molar-refractivity contribution in [3.8, 4) is 0 Å². The van der Waals surface area contributed by atoms with Gasteiger partial charge in [-0.2, -0.15) is 0 Å². The Hall–Kier alpha value is -0.830. The molecule has 0 rings (SSSR count). The lowest BCUT2D eigenvalue weighted by molar-refractivity contribution is -0.144. The summed E-state index contributed by atoms with van der Waals surface area (Å²) >= 11 is 0. The molecule has 112 valence electrons. The first kappa shape index (κ1) is 18.2. The number of rotatable bonds is 12. The summed E-state index contributed by atoms with van der Waals surface area (Å²) in [5.74, 6) is -0.363. The van der Waals surface area contributed by atoms with Gasteiger partial charge in [-0.3, -0.25) is 5.32 Å². The molecule has 0 heterocycles. The molecular weight excluding hydrogens is 238 g/mol. The van der Waals surface area contributed by atoms with Crippen molar-refractivity contribution in [1.29, 1.82) is 0 Å². The minimum atomic E-state index is -0.363. The van der Waals surface area contributed by atoms with Crippen molar-refractivity contribution in [3.05, 3.63) is 12.7 Å². The molecule has 1 N–H and O–H groups in total. The van der Waals surface area contributed by atoms with E-state index in [1.807, 2.05) is 6.92 Å². The molecule has 0 saturated heterocycles. The summed E-state index contributed by atoms with van der Waals surface area (Å²) in [4.78, 5) is 11.1. The van der Waals surface area contributed by atoms with Gasteiger partial charge in [-0.05, 0) is 19.8 Å². The van der Waals surface area contributed by atoms with Crippen LogP contribution in [0, 0.1) is 0 Å². The molecule has 3 heteroatoms. The normalized spacial score (nSPS) is 13.8. The van der Waals surface area contributed by atoms with Gasteiger partial charge in [0, 0.05) is 12.1 Å². The fourth-order valence-corrected chi connectivity index (χ4v) is 2.24. The largest absolute Gasteiger partial charge is 0.444 e. The summed E-state index contributed by atoms with van der Waals surface area (Å²) in [5, 5.41) is 3.38. The smallest absolute Gasteiger partial charge is 0.331 e. The summed E-state index contributed by atoms with van der Waals surface area (Å²) in [6.07, 6.45) is 10.9. The van der Waals surface area contributed by atoms with Crippen LogP contribution in [0.1, 0.15) is 72.1 Å². The van der Waals surface area contributed by atoms with Crippen molar-refractivity contribution in [3.63, 3.8) is 0 Å². The Morgan fingerprint density at radius 2 is 1.84 bits per heavy atom. The van der Waals surface area contributed by atoms with E-state index in [4.69, 9.17) is 4.74 Å². The standard InChI is InChI=1S/C16H31NO2/c1-5-8-9-10-11-13-15(12-6-2)17-14(4)19-16(18)7-3/h7,14-15,17H,3,5-6,8-13H2,1-2,4H3. The van der Waals surface area contributed by atoms with Crippen LogP contribution in [-0.4, -0.2) is 18.2 Å². The van der Waals surface area contributed by atoms with Gasteiger partial charge >= 0.3 is 5.97 Å². The maximum absolute atomic E-state index is 11.1. The highest BCUT2D eigenvalue weighted by atomic mass is 16.6. The molecule has 2 unspecified atom stereocenters. The van der Waals surface area contributed by atoms with E-state index in [1.54, 1.807) is 0 Å². The van der Waals surface area contributed by atoms with Gasteiger partial charge in [0.25, 0.3) is 0 Å². The van der Waals surface area contributed by atoms with Gasteiger partial charge in [-0.25, -0.2) is 4.79 Å². The van der Waals surface area contributed by atoms with E-state index < -0.39 is 0 Å². The van der Waals surface area contributed by atoms with E-state index in [1.165, 1.54) is 38.2 Å². The van der Waals surface area contributed by atoms with E-state index in [-0.39, 0.29) is 12.2 Å². The molecule has 0 fully saturated rings. The van der Waals surface area contributed by atoms with Crippen LogP contribution >= 0.6 is 0 Å². The third-order valence-electron chi connectivity index (χ3n) is 3.22. The number of carbonyl (C=O) groups excluding carboxylic acids is 1. The summed E-state index contributed by atoms with van der Waals surface area (Å²) in [7, 11) is 0. The average Bonchev–Trinajstić information content (AvgIpc) is 2.38. The first-order valence-corrected chi connectivity index (χ1v) is 7.73. The Morgan fingerprint density at radius 3 is 2.42 bits per heavy atom. The maximum atomic E-state index is 11.1. The Bertz CT molecular complexity index is 241. The molecule has 0 saturated carbocycles. The lowest BCUT2D eigenvalue weighted by Gasteiger charge is -2.22. The Kier molecular flexibility index (Phi) is 11.7. The third-order valence-corrected chi connectivity index (χ3v) is 3.22. The molecule has 0 spiro atoms.